The molecule has 1 atom stereocenters. The molecule has 1 aliphatic carbocycles. The maximum absolute atomic E-state index is 13.2. The lowest BCUT2D eigenvalue weighted by Crippen LogP contribution is -2.26. The summed E-state index contributed by atoms with van der Waals surface area (Å²) in [4.78, 5) is 30.2. The van der Waals surface area contributed by atoms with E-state index in [1.54, 1.807) is 24.3 Å². The average Bonchev–Trinajstić information content (AvgIpc) is 2.66. The summed E-state index contributed by atoms with van der Waals surface area (Å²) < 4.78 is 1.52. The lowest BCUT2D eigenvalue weighted by atomic mass is 9.99. The Balaban J connectivity index is 1.91. The molecule has 0 spiro atoms. The maximum Gasteiger partial charge on any atom is 0.266 e. The maximum atomic E-state index is 13.2. The van der Waals surface area contributed by atoms with Gasteiger partial charge in [0.1, 0.15) is 5.78 Å². The zero-order chi connectivity index (χ0) is 19.0. The number of Topliss-reactive ketones (excluding diaryl/α,β-unsaturated/α-hetero) is 1. The molecule has 1 saturated carbocycles. The second-order valence-corrected chi connectivity index (χ2v) is 8.45. The third-order valence-corrected chi connectivity index (χ3v) is 6.66. The minimum absolute atomic E-state index is 0.180. The van der Waals surface area contributed by atoms with Gasteiger partial charge in [0, 0.05) is 6.42 Å². The van der Waals surface area contributed by atoms with Crippen molar-refractivity contribution in [2.75, 3.05) is 0 Å². The van der Waals surface area contributed by atoms with Crippen LogP contribution in [0.5, 0.6) is 0 Å². The Morgan fingerprint density at radius 1 is 1.04 bits per heavy atom. The monoisotopic (exact) mass is 418 g/mol. The molecule has 0 N–H and O–H groups in total. The van der Waals surface area contributed by atoms with Gasteiger partial charge >= 0.3 is 0 Å². The highest BCUT2D eigenvalue weighted by Gasteiger charge is 2.26. The Morgan fingerprint density at radius 3 is 2.63 bits per heavy atom. The number of rotatable bonds is 3. The minimum atomic E-state index is -0.190. The predicted octanol–water partition coefficient (Wildman–Crippen LogP) is 5.30. The van der Waals surface area contributed by atoms with Crippen LogP contribution >= 0.6 is 35.0 Å². The molecule has 1 aromatic heterocycles. The van der Waals surface area contributed by atoms with Gasteiger partial charge in [0.15, 0.2) is 5.16 Å². The first kappa shape index (κ1) is 18.5. The van der Waals surface area contributed by atoms with Crippen molar-refractivity contribution in [3.63, 3.8) is 0 Å². The highest BCUT2D eigenvalue weighted by molar-refractivity contribution is 8.00. The van der Waals surface area contributed by atoms with E-state index in [2.05, 4.69) is 0 Å². The van der Waals surface area contributed by atoms with Crippen molar-refractivity contribution < 1.29 is 4.79 Å². The van der Waals surface area contributed by atoms with Crippen LogP contribution in [0.4, 0.5) is 0 Å². The molecule has 2 aromatic carbocycles. The molecule has 1 heterocycles. The topological polar surface area (TPSA) is 52.0 Å². The van der Waals surface area contributed by atoms with Crippen LogP contribution in [-0.2, 0) is 4.79 Å². The Hall–Kier alpha value is -1.82. The van der Waals surface area contributed by atoms with E-state index in [4.69, 9.17) is 28.2 Å². The van der Waals surface area contributed by atoms with Gasteiger partial charge in [-0.15, -0.1) is 0 Å². The van der Waals surface area contributed by atoms with Crippen molar-refractivity contribution >= 4 is 51.6 Å². The summed E-state index contributed by atoms with van der Waals surface area (Å²) in [6.07, 6.45) is 3.32. The number of hydrogen-bond acceptors (Lipinski definition) is 4. The first-order valence-corrected chi connectivity index (χ1v) is 10.3. The van der Waals surface area contributed by atoms with Crippen molar-refractivity contribution in [3.05, 3.63) is 62.9 Å². The summed E-state index contributed by atoms with van der Waals surface area (Å²) in [5, 5.41) is 1.61. The summed E-state index contributed by atoms with van der Waals surface area (Å²) in [6.45, 7) is 0. The molecular formula is C20H16Cl2N2O2S. The van der Waals surface area contributed by atoms with E-state index >= 15 is 0 Å². The molecule has 0 amide bonds. The SMILES string of the molecule is O=C1CCCCC1Sc1nc2ccccc2c(=O)n1-c1ccc(Cl)c(Cl)c1. The van der Waals surface area contributed by atoms with Gasteiger partial charge in [-0.2, -0.15) is 0 Å². The quantitative estimate of drug-likeness (QED) is 0.541. The van der Waals surface area contributed by atoms with Crippen LogP contribution in [-0.4, -0.2) is 20.6 Å². The van der Waals surface area contributed by atoms with E-state index < -0.39 is 0 Å². The van der Waals surface area contributed by atoms with Crippen molar-refractivity contribution in [1.29, 1.82) is 0 Å². The fraction of sp³-hybridized carbons (Fsp3) is 0.250. The summed E-state index contributed by atoms with van der Waals surface area (Å²) in [6, 6.07) is 12.2. The number of halogens is 2. The summed E-state index contributed by atoms with van der Waals surface area (Å²) in [5.74, 6) is 0.217. The number of fused-ring (bicyclic) bond motifs is 1. The average molecular weight is 419 g/mol. The fourth-order valence-electron chi connectivity index (χ4n) is 3.25. The zero-order valence-corrected chi connectivity index (χ0v) is 16.7. The van der Waals surface area contributed by atoms with Crippen LogP contribution in [0.2, 0.25) is 10.0 Å². The molecule has 1 unspecified atom stereocenters. The molecule has 4 rings (SSSR count). The van der Waals surface area contributed by atoms with Crippen LogP contribution in [0.25, 0.3) is 16.6 Å². The molecule has 1 aliphatic rings. The minimum Gasteiger partial charge on any atom is -0.298 e. The highest BCUT2D eigenvalue weighted by Crippen LogP contribution is 2.33. The zero-order valence-electron chi connectivity index (χ0n) is 14.3. The summed E-state index contributed by atoms with van der Waals surface area (Å²) in [7, 11) is 0. The number of carbonyl (C=O) groups is 1. The van der Waals surface area contributed by atoms with E-state index in [-0.39, 0.29) is 16.6 Å². The molecule has 0 aliphatic heterocycles. The number of para-hydroxylation sites is 1. The molecule has 1 fully saturated rings. The Morgan fingerprint density at radius 2 is 1.85 bits per heavy atom. The second kappa shape index (κ2) is 7.66. The van der Waals surface area contributed by atoms with Gasteiger partial charge in [-0.3, -0.25) is 14.2 Å². The van der Waals surface area contributed by atoms with Crippen molar-refractivity contribution in [2.24, 2.45) is 0 Å². The van der Waals surface area contributed by atoms with Gasteiger partial charge < -0.3 is 0 Å². The second-order valence-electron chi connectivity index (χ2n) is 6.47. The standard InChI is InChI=1S/C20H16Cl2N2O2S/c21-14-10-9-12(11-15(14)22)24-19(26)13-5-1-2-6-16(13)23-20(24)27-18-8-4-3-7-17(18)25/h1-2,5-6,9-11,18H,3-4,7-8H2. The van der Waals surface area contributed by atoms with E-state index in [0.717, 1.165) is 19.3 Å². The van der Waals surface area contributed by atoms with Crippen LogP contribution in [0, 0.1) is 0 Å². The van der Waals surface area contributed by atoms with Gasteiger partial charge in [-0.25, -0.2) is 4.98 Å². The predicted molar refractivity (Wildman–Crippen MR) is 110 cm³/mol. The van der Waals surface area contributed by atoms with E-state index in [0.29, 0.717) is 38.2 Å². The summed E-state index contributed by atoms with van der Waals surface area (Å²) >= 11 is 13.6. The first-order chi connectivity index (χ1) is 13.0. The van der Waals surface area contributed by atoms with Gasteiger partial charge in [0.25, 0.3) is 5.56 Å². The molecular weight excluding hydrogens is 403 g/mol. The smallest absolute Gasteiger partial charge is 0.266 e. The number of carbonyl (C=O) groups excluding carboxylic acids is 1. The number of aromatic nitrogens is 2. The van der Waals surface area contributed by atoms with E-state index in [9.17, 15) is 9.59 Å². The van der Waals surface area contributed by atoms with Gasteiger partial charge in [-0.1, -0.05) is 53.5 Å². The molecule has 27 heavy (non-hydrogen) atoms. The van der Waals surface area contributed by atoms with Gasteiger partial charge in [-0.05, 0) is 43.2 Å². The lowest BCUT2D eigenvalue weighted by Gasteiger charge is -2.21. The number of nitrogens with zero attached hydrogens (tertiary/aromatic N) is 2. The molecule has 0 radical (unpaired) electrons. The molecule has 3 aromatic rings. The lowest BCUT2D eigenvalue weighted by molar-refractivity contribution is -0.119. The fourth-order valence-corrected chi connectivity index (χ4v) is 4.77. The largest absolute Gasteiger partial charge is 0.298 e. The van der Waals surface area contributed by atoms with Crippen LogP contribution < -0.4 is 5.56 Å². The van der Waals surface area contributed by atoms with Crippen LogP contribution in [0.3, 0.4) is 0 Å². The molecule has 7 heteroatoms. The number of ketones is 1. The van der Waals surface area contributed by atoms with E-state index in [1.807, 2.05) is 18.2 Å². The third kappa shape index (κ3) is 3.64. The van der Waals surface area contributed by atoms with Crippen molar-refractivity contribution in [1.82, 2.24) is 9.55 Å². The molecule has 0 saturated heterocycles. The molecule has 138 valence electrons. The first-order valence-electron chi connectivity index (χ1n) is 8.71. The Labute approximate surface area is 170 Å². The highest BCUT2D eigenvalue weighted by atomic mass is 35.5. The van der Waals surface area contributed by atoms with Crippen molar-refractivity contribution in [3.8, 4) is 5.69 Å². The Kier molecular flexibility index (Phi) is 5.26. The number of thioether (sulfide) groups is 1. The third-order valence-electron chi connectivity index (χ3n) is 4.65. The summed E-state index contributed by atoms with van der Waals surface area (Å²) in [5.41, 5.74) is 1.01. The van der Waals surface area contributed by atoms with Gasteiger partial charge in [0.05, 0.1) is 31.9 Å². The molecule has 0 bridgehead atoms. The Bertz CT molecular complexity index is 1100. The van der Waals surface area contributed by atoms with Crippen LogP contribution in [0.15, 0.2) is 52.4 Å². The van der Waals surface area contributed by atoms with Crippen molar-refractivity contribution in [2.45, 2.75) is 36.1 Å². The normalized spacial score (nSPS) is 17.4. The van der Waals surface area contributed by atoms with E-state index in [1.165, 1.54) is 16.3 Å². The van der Waals surface area contributed by atoms with Crippen LogP contribution in [0.1, 0.15) is 25.7 Å². The number of benzene rings is 2. The van der Waals surface area contributed by atoms with Gasteiger partial charge in [0.2, 0.25) is 0 Å². The molecule has 4 nitrogen and oxygen atoms in total. The number of hydrogen-bond donors (Lipinski definition) is 0.